The first-order valence-electron chi connectivity index (χ1n) is 8.77. The lowest BCUT2D eigenvalue weighted by Gasteiger charge is -2.24. The molecule has 5 nitrogen and oxygen atoms in total. The molecule has 130 valence electrons. The fraction of sp³-hybridized carbons (Fsp3) is 0.778. The largest absolute Gasteiger partial charge is 0.469 e. The standard InChI is InChI=1S/C18H28O5/c1-21-17(20)9-5-3-2-4-8-14-12-15(13-16(14)19)23-18-10-6-7-11-22-18/h12,15,18H,2-11,13H2,1H3/t15-,18+/m0/s1. The van der Waals surface area contributed by atoms with E-state index < -0.39 is 0 Å². The molecule has 0 N–H and O–H groups in total. The van der Waals surface area contributed by atoms with Crippen LogP contribution in [0.15, 0.2) is 11.6 Å². The van der Waals surface area contributed by atoms with Crippen molar-refractivity contribution in [2.45, 2.75) is 76.6 Å². The summed E-state index contributed by atoms with van der Waals surface area (Å²) in [5.41, 5.74) is 0.902. The van der Waals surface area contributed by atoms with Crippen molar-refractivity contribution in [2.75, 3.05) is 13.7 Å². The molecule has 0 spiro atoms. The third-order valence-electron chi connectivity index (χ3n) is 4.40. The number of Topliss-reactive ketones (excluding diaryl/α,β-unsaturated/α-hetero) is 1. The van der Waals surface area contributed by atoms with Crippen LogP contribution in [0, 0.1) is 0 Å². The van der Waals surface area contributed by atoms with Crippen LogP contribution >= 0.6 is 0 Å². The van der Waals surface area contributed by atoms with Crippen molar-refractivity contribution in [2.24, 2.45) is 0 Å². The Morgan fingerprint density at radius 1 is 1.26 bits per heavy atom. The van der Waals surface area contributed by atoms with E-state index >= 15 is 0 Å². The van der Waals surface area contributed by atoms with Crippen LogP contribution in [0.3, 0.4) is 0 Å². The van der Waals surface area contributed by atoms with E-state index in [0.29, 0.717) is 12.8 Å². The summed E-state index contributed by atoms with van der Waals surface area (Å²) in [5.74, 6) is 0.0592. The summed E-state index contributed by atoms with van der Waals surface area (Å²) in [6.45, 7) is 0.757. The van der Waals surface area contributed by atoms with Gasteiger partial charge in [-0.3, -0.25) is 9.59 Å². The van der Waals surface area contributed by atoms with Crippen LogP contribution in [-0.2, 0) is 23.8 Å². The van der Waals surface area contributed by atoms with E-state index in [0.717, 1.165) is 63.5 Å². The van der Waals surface area contributed by atoms with Gasteiger partial charge in [-0.05, 0) is 50.2 Å². The van der Waals surface area contributed by atoms with Crippen LogP contribution in [-0.4, -0.2) is 37.9 Å². The van der Waals surface area contributed by atoms with Gasteiger partial charge in [-0.15, -0.1) is 0 Å². The Bertz CT molecular complexity index is 423. The average molecular weight is 324 g/mol. The number of allylic oxidation sites excluding steroid dienone is 1. The third-order valence-corrected chi connectivity index (χ3v) is 4.40. The first kappa shape index (κ1) is 18.1. The van der Waals surface area contributed by atoms with Gasteiger partial charge in [-0.2, -0.15) is 0 Å². The average Bonchev–Trinajstić information content (AvgIpc) is 2.91. The number of unbranched alkanes of at least 4 members (excludes halogenated alkanes) is 3. The second-order valence-electron chi connectivity index (χ2n) is 6.28. The number of ether oxygens (including phenoxy) is 3. The number of rotatable bonds is 9. The lowest BCUT2D eigenvalue weighted by atomic mass is 10.0. The van der Waals surface area contributed by atoms with E-state index in [4.69, 9.17) is 9.47 Å². The highest BCUT2D eigenvalue weighted by atomic mass is 16.7. The molecule has 2 rings (SSSR count). The minimum atomic E-state index is -0.149. The topological polar surface area (TPSA) is 61.8 Å². The number of carbonyl (C=O) groups excluding carboxylic acids is 2. The second kappa shape index (κ2) is 9.83. The minimum absolute atomic E-state index is 0.111. The molecule has 0 radical (unpaired) electrons. The summed E-state index contributed by atoms with van der Waals surface area (Å²) in [4.78, 5) is 23.0. The molecule has 23 heavy (non-hydrogen) atoms. The van der Waals surface area contributed by atoms with Crippen molar-refractivity contribution >= 4 is 11.8 Å². The zero-order valence-corrected chi connectivity index (χ0v) is 14.1. The Hall–Kier alpha value is -1.20. The SMILES string of the molecule is COC(=O)CCCCCCC1=C[C@H](O[C@@H]2CCCCO2)CC1=O. The van der Waals surface area contributed by atoms with Crippen LogP contribution in [0.4, 0.5) is 0 Å². The molecule has 0 aromatic heterocycles. The number of ketones is 1. The number of hydrogen-bond donors (Lipinski definition) is 0. The van der Waals surface area contributed by atoms with Crippen LogP contribution in [0.5, 0.6) is 0 Å². The Morgan fingerprint density at radius 3 is 2.83 bits per heavy atom. The molecule has 0 bridgehead atoms. The van der Waals surface area contributed by atoms with E-state index in [-0.39, 0.29) is 24.1 Å². The molecular formula is C18H28O5. The molecule has 1 heterocycles. The van der Waals surface area contributed by atoms with Gasteiger partial charge in [0.1, 0.15) is 0 Å². The normalized spacial score (nSPS) is 24.6. The minimum Gasteiger partial charge on any atom is -0.469 e. The van der Waals surface area contributed by atoms with Crippen molar-refractivity contribution in [3.63, 3.8) is 0 Å². The van der Waals surface area contributed by atoms with E-state index in [9.17, 15) is 9.59 Å². The molecule has 2 aliphatic rings. The molecule has 0 aromatic rings. The number of carbonyl (C=O) groups is 2. The van der Waals surface area contributed by atoms with E-state index in [2.05, 4.69) is 4.74 Å². The monoisotopic (exact) mass is 324 g/mol. The molecule has 1 aliphatic carbocycles. The lowest BCUT2D eigenvalue weighted by molar-refractivity contribution is -0.178. The molecule has 0 aromatic carbocycles. The van der Waals surface area contributed by atoms with Crippen molar-refractivity contribution in [1.29, 1.82) is 0 Å². The predicted octanol–water partition coefficient (Wildman–Crippen LogP) is 3.31. The van der Waals surface area contributed by atoms with Crippen LogP contribution in [0.25, 0.3) is 0 Å². The summed E-state index contributed by atoms with van der Waals surface area (Å²) >= 11 is 0. The Labute approximate surface area is 138 Å². The fourth-order valence-corrected chi connectivity index (χ4v) is 3.05. The lowest BCUT2D eigenvalue weighted by Crippen LogP contribution is -2.26. The maximum Gasteiger partial charge on any atom is 0.305 e. The van der Waals surface area contributed by atoms with E-state index in [1.165, 1.54) is 7.11 Å². The Kier molecular flexibility index (Phi) is 7.76. The summed E-state index contributed by atoms with van der Waals surface area (Å²) in [5, 5.41) is 0. The quantitative estimate of drug-likeness (QED) is 0.481. The van der Waals surface area contributed by atoms with Gasteiger partial charge in [0.25, 0.3) is 0 Å². The Morgan fingerprint density at radius 2 is 2.09 bits per heavy atom. The second-order valence-corrected chi connectivity index (χ2v) is 6.28. The van der Waals surface area contributed by atoms with Crippen molar-refractivity contribution in [1.82, 2.24) is 0 Å². The first-order chi connectivity index (χ1) is 11.2. The summed E-state index contributed by atoms with van der Waals surface area (Å²) in [7, 11) is 1.41. The van der Waals surface area contributed by atoms with Gasteiger partial charge in [0.15, 0.2) is 12.1 Å². The molecule has 1 aliphatic heterocycles. The smallest absolute Gasteiger partial charge is 0.305 e. The van der Waals surface area contributed by atoms with Gasteiger partial charge in [0, 0.05) is 19.4 Å². The number of methoxy groups -OCH3 is 1. The van der Waals surface area contributed by atoms with Gasteiger partial charge in [-0.25, -0.2) is 0 Å². The van der Waals surface area contributed by atoms with Gasteiger partial charge in [0.2, 0.25) is 0 Å². The van der Waals surface area contributed by atoms with Crippen LogP contribution in [0.2, 0.25) is 0 Å². The van der Waals surface area contributed by atoms with E-state index in [1.807, 2.05) is 6.08 Å². The fourth-order valence-electron chi connectivity index (χ4n) is 3.05. The number of hydrogen-bond acceptors (Lipinski definition) is 5. The van der Waals surface area contributed by atoms with Crippen molar-refractivity contribution in [3.05, 3.63) is 11.6 Å². The molecule has 0 unspecified atom stereocenters. The first-order valence-corrected chi connectivity index (χ1v) is 8.77. The summed E-state index contributed by atoms with van der Waals surface area (Å²) < 4.78 is 16.0. The van der Waals surface area contributed by atoms with Crippen LogP contribution < -0.4 is 0 Å². The van der Waals surface area contributed by atoms with Gasteiger partial charge in [0.05, 0.1) is 13.2 Å². The third kappa shape index (κ3) is 6.43. The highest BCUT2D eigenvalue weighted by Crippen LogP contribution is 2.25. The Balaban J connectivity index is 1.61. The molecule has 0 amide bonds. The summed E-state index contributed by atoms with van der Waals surface area (Å²) in [6, 6.07) is 0. The maximum absolute atomic E-state index is 12.0. The van der Waals surface area contributed by atoms with Crippen molar-refractivity contribution in [3.8, 4) is 0 Å². The van der Waals surface area contributed by atoms with Gasteiger partial charge in [-0.1, -0.05) is 12.8 Å². The van der Waals surface area contributed by atoms with Gasteiger partial charge < -0.3 is 14.2 Å². The molecule has 0 saturated carbocycles. The molecule has 1 fully saturated rings. The van der Waals surface area contributed by atoms with E-state index in [1.54, 1.807) is 0 Å². The van der Waals surface area contributed by atoms with Crippen LogP contribution in [0.1, 0.15) is 64.2 Å². The van der Waals surface area contributed by atoms with Gasteiger partial charge >= 0.3 is 5.97 Å². The number of esters is 1. The maximum atomic E-state index is 12.0. The molecule has 5 heteroatoms. The van der Waals surface area contributed by atoms with Crippen molar-refractivity contribution < 1.29 is 23.8 Å². The highest BCUT2D eigenvalue weighted by molar-refractivity contribution is 5.98. The predicted molar refractivity (Wildman–Crippen MR) is 85.9 cm³/mol. The zero-order chi connectivity index (χ0) is 16.5. The molecule has 1 saturated heterocycles. The molecular weight excluding hydrogens is 296 g/mol. The highest BCUT2D eigenvalue weighted by Gasteiger charge is 2.27. The summed E-state index contributed by atoms with van der Waals surface area (Å²) in [6.07, 6.45) is 10.5. The zero-order valence-electron chi connectivity index (χ0n) is 14.1. The molecule has 2 atom stereocenters.